The van der Waals surface area contributed by atoms with Crippen LogP contribution in [0, 0.1) is 19.8 Å². The lowest BCUT2D eigenvalue weighted by Crippen LogP contribution is -2.43. The quantitative estimate of drug-likeness (QED) is 0.804. The number of benzene rings is 2. The standard InChI is InChI=1S/C25H31N3O3/c1-17-12-18(2)14-21(13-17)25(31)28-11-5-6-20(16-28)24(30)26-22-9-7-19(8-10-22)15-23(29)27(3)4/h7-10,12-14,20H,5-6,11,15-16H2,1-4H3,(H,26,30). The van der Waals surface area contributed by atoms with E-state index in [2.05, 4.69) is 5.32 Å². The molecule has 0 aromatic heterocycles. The number of carbonyl (C=O) groups excluding carboxylic acids is 3. The molecule has 31 heavy (non-hydrogen) atoms. The first kappa shape index (κ1) is 22.5. The van der Waals surface area contributed by atoms with Crippen LogP contribution in [0.3, 0.4) is 0 Å². The Kier molecular flexibility index (Phi) is 7.10. The number of nitrogens with one attached hydrogen (secondary N) is 1. The van der Waals surface area contributed by atoms with Crippen LogP contribution in [0.25, 0.3) is 0 Å². The number of likely N-dealkylation sites (N-methyl/N-ethyl adjacent to an activating group) is 1. The Bertz CT molecular complexity index is 946. The average Bonchev–Trinajstić information content (AvgIpc) is 2.73. The largest absolute Gasteiger partial charge is 0.349 e. The summed E-state index contributed by atoms with van der Waals surface area (Å²) in [5.74, 6) is -0.291. The van der Waals surface area contributed by atoms with Crippen LogP contribution in [-0.2, 0) is 16.0 Å². The third kappa shape index (κ3) is 5.94. The molecule has 2 aromatic rings. The van der Waals surface area contributed by atoms with Gasteiger partial charge in [-0.05, 0) is 56.5 Å². The van der Waals surface area contributed by atoms with Crippen LogP contribution in [0.2, 0.25) is 0 Å². The number of hydrogen-bond acceptors (Lipinski definition) is 3. The summed E-state index contributed by atoms with van der Waals surface area (Å²) in [6.45, 7) is 5.06. The van der Waals surface area contributed by atoms with E-state index in [1.807, 2.05) is 56.3 Å². The fourth-order valence-electron chi connectivity index (χ4n) is 3.94. The lowest BCUT2D eigenvalue weighted by atomic mass is 9.96. The highest BCUT2D eigenvalue weighted by Gasteiger charge is 2.29. The van der Waals surface area contributed by atoms with E-state index in [1.54, 1.807) is 23.9 Å². The average molecular weight is 422 g/mol. The van der Waals surface area contributed by atoms with Crippen molar-refractivity contribution in [2.45, 2.75) is 33.1 Å². The number of anilines is 1. The van der Waals surface area contributed by atoms with Crippen molar-refractivity contribution in [3.63, 3.8) is 0 Å². The predicted octanol–water partition coefficient (Wildman–Crippen LogP) is 3.43. The van der Waals surface area contributed by atoms with E-state index in [9.17, 15) is 14.4 Å². The van der Waals surface area contributed by atoms with Gasteiger partial charge in [-0.3, -0.25) is 14.4 Å². The van der Waals surface area contributed by atoms with Crippen LogP contribution in [-0.4, -0.2) is 54.7 Å². The van der Waals surface area contributed by atoms with Gasteiger partial charge in [-0.15, -0.1) is 0 Å². The maximum Gasteiger partial charge on any atom is 0.253 e. The molecule has 0 aliphatic carbocycles. The van der Waals surface area contributed by atoms with E-state index >= 15 is 0 Å². The summed E-state index contributed by atoms with van der Waals surface area (Å²) in [6, 6.07) is 13.2. The normalized spacial score (nSPS) is 16.0. The van der Waals surface area contributed by atoms with Crippen molar-refractivity contribution in [2.24, 2.45) is 5.92 Å². The summed E-state index contributed by atoms with van der Waals surface area (Å²) in [5, 5.41) is 2.96. The van der Waals surface area contributed by atoms with Gasteiger partial charge in [0.15, 0.2) is 0 Å². The van der Waals surface area contributed by atoms with Gasteiger partial charge < -0.3 is 15.1 Å². The lowest BCUT2D eigenvalue weighted by Gasteiger charge is -2.32. The molecule has 0 radical (unpaired) electrons. The Morgan fingerprint density at radius 2 is 1.68 bits per heavy atom. The second kappa shape index (κ2) is 9.77. The first-order valence-electron chi connectivity index (χ1n) is 10.7. The maximum absolute atomic E-state index is 13.0. The number of likely N-dealkylation sites (tertiary alicyclic amines) is 1. The van der Waals surface area contributed by atoms with Crippen LogP contribution in [0.1, 0.15) is 39.9 Å². The van der Waals surface area contributed by atoms with Gasteiger partial charge in [0.2, 0.25) is 11.8 Å². The van der Waals surface area contributed by atoms with Crippen molar-refractivity contribution in [2.75, 3.05) is 32.5 Å². The lowest BCUT2D eigenvalue weighted by molar-refractivity contribution is -0.128. The van der Waals surface area contributed by atoms with Gasteiger partial charge in [-0.1, -0.05) is 29.3 Å². The van der Waals surface area contributed by atoms with Gasteiger partial charge in [-0.25, -0.2) is 0 Å². The second-order valence-electron chi connectivity index (χ2n) is 8.62. The fraction of sp³-hybridized carbons (Fsp3) is 0.400. The molecule has 1 N–H and O–H groups in total. The molecule has 1 aliphatic heterocycles. The molecule has 1 saturated heterocycles. The molecule has 0 spiro atoms. The topological polar surface area (TPSA) is 69.7 Å². The zero-order chi connectivity index (χ0) is 22.5. The highest BCUT2D eigenvalue weighted by atomic mass is 16.2. The smallest absolute Gasteiger partial charge is 0.253 e. The van der Waals surface area contributed by atoms with Crippen LogP contribution in [0.15, 0.2) is 42.5 Å². The van der Waals surface area contributed by atoms with Crippen molar-refractivity contribution >= 4 is 23.4 Å². The molecule has 1 unspecified atom stereocenters. The zero-order valence-corrected chi connectivity index (χ0v) is 18.8. The van der Waals surface area contributed by atoms with E-state index in [1.165, 1.54) is 0 Å². The second-order valence-corrected chi connectivity index (χ2v) is 8.62. The highest BCUT2D eigenvalue weighted by Crippen LogP contribution is 2.22. The first-order valence-corrected chi connectivity index (χ1v) is 10.7. The van der Waals surface area contributed by atoms with Crippen molar-refractivity contribution in [3.8, 4) is 0 Å². The maximum atomic E-state index is 13.0. The van der Waals surface area contributed by atoms with E-state index in [4.69, 9.17) is 0 Å². The van der Waals surface area contributed by atoms with Crippen LogP contribution in [0.4, 0.5) is 5.69 Å². The van der Waals surface area contributed by atoms with E-state index < -0.39 is 0 Å². The number of rotatable bonds is 5. The fourth-order valence-corrected chi connectivity index (χ4v) is 3.94. The molecule has 6 nitrogen and oxygen atoms in total. The third-order valence-electron chi connectivity index (χ3n) is 5.62. The number of nitrogens with zero attached hydrogens (tertiary/aromatic N) is 2. The van der Waals surface area contributed by atoms with Crippen LogP contribution < -0.4 is 5.32 Å². The highest BCUT2D eigenvalue weighted by molar-refractivity contribution is 5.96. The van der Waals surface area contributed by atoms with E-state index in [0.717, 1.165) is 29.5 Å². The number of carbonyl (C=O) groups is 3. The Balaban J connectivity index is 1.60. The van der Waals surface area contributed by atoms with Crippen molar-refractivity contribution in [3.05, 3.63) is 64.7 Å². The molecular formula is C25H31N3O3. The SMILES string of the molecule is Cc1cc(C)cc(C(=O)N2CCCC(C(=O)Nc3ccc(CC(=O)N(C)C)cc3)C2)c1. The molecule has 164 valence electrons. The van der Waals surface area contributed by atoms with Gasteiger partial charge in [0.05, 0.1) is 12.3 Å². The van der Waals surface area contributed by atoms with Gasteiger partial charge in [0.25, 0.3) is 5.91 Å². The monoisotopic (exact) mass is 421 g/mol. The molecule has 1 fully saturated rings. The van der Waals surface area contributed by atoms with Gasteiger partial charge in [0.1, 0.15) is 0 Å². The van der Waals surface area contributed by atoms with Gasteiger partial charge in [-0.2, -0.15) is 0 Å². The van der Waals surface area contributed by atoms with Gasteiger partial charge >= 0.3 is 0 Å². The van der Waals surface area contributed by atoms with Crippen molar-refractivity contribution < 1.29 is 14.4 Å². The number of aryl methyl sites for hydroxylation is 2. The molecule has 2 aromatic carbocycles. The molecule has 3 amide bonds. The molecular weight excluding hydrogens is 390 g/mol. The van der Waals surface area contributed by atoms with Gasteiger partial charge in [0, 0.05) is 38.4 Å². The minimum Gasteiger partial charge on any atom is -0.349 e. The summed E-state index contributed by atoms with van der Waals surface area (Å²) in [5.41, 5.74) is 4.40. The summed E-state index contributed by atoms with van der Waals surface area (Å²) in [4.78, 5) is 41.0. The Labute approximate surface area is 184 Å². The van der Waals surface area contributed by atoms with Crippen LogP contribution >= 0.6 is 0 Å². The number of amides is 3. The molecule has 3 rings (SSSR count). The van der Waals surface area contributed by atoms with E-state index in [-0.39, 0.29) is 23.6 Å². The van der Waals surface area contributed by atoms with Crippen molar-refractivity contribution in [1.29, 1.82) is 0 Å². The predicted molar refractivity (Wildman–Crippen MR) is 122 cm³/mol. The minimum absolute atomic E-state index is 0.0146. The minimum atomic E-state index is -0.237. The summed E-state index contributed by atoms with van der Waals surface area (Å²) in [6.07, 6.45) is 1.90. The molecule has 1 atom stereocenters. The van der Waals surface area contributed by atoms with E-state index in [0.29, 0.717) is 30.8 Å². The Morgan fingerprint density at radius 1 is 1.03 bits per heavy atom. The summed E-state index contributed by atoms with van der Waals surface area (Å²) in [7, 11) is 3.46. The molecule has 1 aliphatic rings. The zero-order valence-electron chi connectivity index (χ0n) is 18.8. The first-order chi connectivity index (χ1) is 14.7. The molecule has 0 saturated carbocycles. The Morgan fingerprint density at radius 3 is 2.29 bits per heavy atom. The Hall–Kier alpha value is -3.15. The summed E-state index contributed by atoms with van der Waals surface area (Å²) >= 11 is 0. The molecule has 6 heteroatoms. The molecule has 1 heterocycles. The van der Waals surface area contributed by atoms with Crippen LogP contribution in [0.5, 0.6) is 0 Å². The third-order valence-corrected chi connectivity index (χ3v) is 5.62. The number of hydrogen-bond donors (Lipinski definition) is 1. The number of piperidine rings is 1. The summed E-state index contributed by atoms with van der Waals surface area (Å²) < 4.78 is 0. The molecule has 0 bridgehead atoms. The van der Waals surface area contributed by atoms with Crippen molar-refractivity contribution in [1.82, 2.24) is 9.80 Å².